The highest BCUT2D eigenvalue weighted by atomic mass is 16.5. The number of aromatic nitrogens is 2. The number of carbonyl (C=O) groups excluding carboxylic acids is 1. The number of hydrogen-bond donors (Lipinski definition) is 1. The van der Waals surface area contributed by atoms with Gasteiger partial charge >= 0.3 is 0 Å². The maximum Gasteiger partial charge on any atom is 0.253 e. The first-order chi connectivity index (χ1) is 11.1. The highest BCUT2D eigenvalue weighted by Gasteiger charge is 2.62. The molecule has 4 unspecified atom stereocenters. The average molecular weight is 315 g/mol. The first-order valence-corrected chi connectivity index (χ1v) is 8.92. The molecular formula is C18H25N3O2. The van der Waals surface area contributed by atoms with Crippen LogP contribution in [-0.4, -0.2) is 34.4 Å². The van der Waals surface area contributed by atoms with Gasteiger partial charge in [-0.2, -0.15) is 10.2 Å². The van der Waals surface area contributed by atoms with Gasteiger partial charge in [0.15, 0.2) is 0 Å². The van der Waals surface area contributed by atoms with Crippen LogP contribution in [0, 0.1) is 18.8 Å². The van der Waals surface area contributed by atoms with Gasteiger partial charge in [-0.15, -0.1) is 0 Å². The van der Waals surface area contributed by atoms with Crippen LogP contribution in [0.2, 0.25) is 0 Å². The fourth-order valence-electron chi connectivity index (χ4n) is 4.98. The lowest BCUT2D eigenvalue weighted by Crippen LogP contribution is -2.63. The lowest BCUT2D eigenvalue weighted by atomic mass is 9.53. The van der Waals surface area contributed by atoms with Crippen LogP contribution in [0.3, 0.4) is 0 Å². The van der Waals surface area contributed by atoms with Crippen molar-refractivity contribution in [2.75, 3.05) is 6.61 Å². The van der Waals surface area contributed by atoms with E-state index in [-0.39, 0.29) is 17.6 Å². The second kappa shape index (κ2) is 5.55. The Kier molecular flexibility index (Phi) is 3.63. The molecule has 1 saturated heterocycles. The van der Waals surface area contributed by atoms with Crippen LogP contribution < -0.4 is 5.32 Å². The van der Waals surface area contributed by atoms with Gasteiger partial charge in [-0.05, 0) is 57.4 Å². The third-order valence-corrected chi connectivity index (χ3v) is 6.15. The first kappa shape index (κ1) is 15.1. The van der Waals surface area contributed by atoms with E-state index in [0.29, 0.717) is 11.5 Å². The summed E-state index contributed by atoms with van der Waals surface area (Å²) < 4.78 is 6.15. The Labute approximate surface area is 137 Å². The van der Waals surface area contributed by atoms with Crippen molar-refractivity contribution in [1.82, 2.24) is 15.5 Å². The number of nitrogens with zero attached hydrogens (tertiary/aromatic N) is 2. The molecule has 23 heavy (non-hydrogen) atoms. The van der Waals surface area contributed by atoms with Gasteiger partial charge in [0, 0.05) is 18.6 Å². The molecule has 2 saturated carbocycles. The van der Waals surface area contributed by atoms with Gasteiger partial charge in [-0.3, -0.25) is 4.79 Å². The minimum atomic E-state index is 0.00310. The summed E-state index contributed by atoms with van der Waals surface area (Å²) in [6.07, 6.45) is 6.51. The molecule has 3 aliphatic rings. The molecule has 2 aliphatic carbocycles. The van der Waals surface area contributed by atoms with E-state index in [9.17, 15) is 4.79 Å². The summed E-state index contributed by atoms with van der Waals surface area (Å²) in [5, 5.41) is 11.5. The summed E-state index contributed by atoms with van der Waals surface area (Å²) in [6.45, 7) is 4.78. The van der Waals surface area contributed by atoms with Crippen LogP contribution in [0.25, 0.3) is 0 Å². The molecule has 3 fully saturated rings. The normalized spacial score (nSPS) is 35.1. The molecule has 124 valence electrons. The zero-order chi connectivity index (χ0) is 16.0. The smallest absolute Gasteiger partial charge is 0.253 e. The van der Waals surface area contributed by atoms with Gasteiger partial charge in [0.1, 0.15) is 0 Å². The van der Waals surface area contributed by atoms with Gasteiger partial charge in [0.05, 0.1) is 22.6 Å². The van der Waals surface area contributed by atoms with E-state index in [4.69, 9.17) is 4.74 Å². The Bertz CT molecular complexity index is 633. The molecule has 5 heteroatoms. The number of ether oxygens (including phenoxy) is 1. The highest BCUT2D eigenvalue weighted by molar-refractivity contribution is 5.95. The van der Waals surface area contributed by atoms with Crippen molar-refractivity contribution in [3.05, 3.63) is 23.0 Å². The van der Waals surface area contributed by atoms with E-state index in [1.807, 2.05) is 19.9 Å². The molecule has 2 heterocycles. The summed E-state index contributed by atoms with van der Waals surface area (Å²) in [5.74, 6) is 1.22. The number of carbonyl (C=O) groups is 1. The molecule has 0 radical (unpaired) electrons. The van der Waals surface area contributed by atoms with Crippen LogP contribution in [0.15, 0.2) is 6.07 Å². The largest absolute Gasteiger partial charge is 0.374 e. The molecular weight excluding hydrogens is 290 g/mol. The average Bonchev–Trinajstić information content (AvgIpc) is 2.81. The van der Waals surface area contributed by atoms with Crippen LogP contribution >= 0.6 is 0 Å². The molecule has 1 N–H and O–H groups in total. The number of amides is 1. The van der Waals surface area contributed by atoms with Gasteiger partial charge < -0.3 is 10.1 Å². The second-order valence-electron chi connectivity index (χ2n) is 7.30. The van der Waals surface area contributed by atoms with E-state index >= 15 is 0 Å². The van der Waals surface area contributed by atoms with Gasteiger partial charge in [-0.25, -0.2) is 0 Å². The third kappa shape index (κ3) is 2.28. The summed E-state index contributed by atoms with van der Waals surface area (Å²) in [4.78, 5) is 12.8. The summed E-state index contributed by atoms with van der Waals surface area (Å²) in [5.41, 5.74) is 2.33. The molecule has 5 nitrogen and oxygen atoms in total. The molecule has 1 amide bonds. The molecule has 1 aliphatic heterocycles. The monoisotopic (exact) mass is 315 g/mol. The zero-order valence-electron chi connectivity index (χ0n) is 14.0. The summed E-state index contributed by atoms with van der Waals surface area (Å²) >= 11 is 0. The van der Waals surface area contributed by atoms with E-state index in [0.717, 1.165) is 43.2 Å². The van der Waals surface area contributed by atoms with Crippen molar-refractivity contribution in [2.45, 2.75) is 64.0 Å². The predicted octanol–water partition coefficient (Wildman–Crippen LogP) is 2.42. The first-order valence-electron chi connectivity index (χ1n) is 8.92. The maximum absolute atomic E-state index is 12.8. The van der Waals surface area contributed by atoms with Crippen molar-refractivity contribution >= 4 is 5.91 Å². The lowest BCUT2D eigenvalue weighted by molar-refractivity contribution is -0.166. The number of nitrogens with one attached hydrogen (secondary N) is 1. The van der Waals surface area contributed by atoms with E-state index in [1.54, 1.807) is 0 Å². The molecule has 1 spiro atoms. The predicted molar refractivity (Wildman–Crippen MR) is 86.1 cm³/mol. The molecule has 1 aromatic rings. The van der Waals surface area contributed by atoms with Crippen LogP contribution in [0.4, 0.5) is 0 Å². The SMILES string of the molecule is CCc1nnc(C)cc1C(=O)NC1CCCC23OCCC2CC13. The van der Waals surface area contributed by atoms with E-state index < -0.39 is 0 Å². The third-order valence-electron chi connectivity index (χ3n) is 6.15. The Morgan fingerprint density at radius 2 is 2.30 bits per heavy atom. The van der Waals surface area contributed by atoms with Crippen LogP contribution in [0.1, 0.15) is 60.8 Å². The van der Waals surface area contributed by atoms with Crippen molar-refractivity contribution in [3.8, 4) is 0 Å². The lowest BCUT2D eigenvalue weighted by Gasteiger charge is -2.57. The van der Waals surface area contributed by atoms with Gasteiger partial charge in [-0.1, -0.05) is 6.92 Å². The van der Waals surface area contributed by atoms with Crippen molar-refractivity contribution in [3.63, 3.8) is 0 Å². The fraction of sp³-hybridized carbons (Fsp3) is 0.722. The minimum Gasteiger partial charge on any atom is -0.374 e. The topological polar surface area (TPSA) is 64.1 Å². The number of hydrogen-bond acceptors (Lipinski definition) is 4. The Balaban J connectivity index is 1.52. The summed E-state index contributed by atoms with van der Waals surface area (Å²) in [6, 6.07) is 2.10. The standard InChI is InChI=1S/C18H25N3O2/c1-3-15-13(9-11(2)20-21-15)17(22)19-16-5-4-7-18-12(6-8-23-18)10-14(16)18/h9,12,14,16H,3-8,10H2,1-2H3,(H,19,22). The summed E-state index contributed by atoms with van der Waals surface area (Å²) in [7, 11) is 0. The maximum atomic E-state index is 12.8. The van der Waals surface area contributed by atoms with Crippen molar-refractivity contribution < 1.29 is 9.53 Å². The Morgan fingerprint density at radius 3 is 3.09 bits per heavy atom. The number of rotatable bonds is 3. The second-order valence-corrected chi connectivity index (χ2v) is 7.30. The van der Waals surface area contributed by atoms with Crippen molar-refractivity contribution in [1.29, 1.82) is 0 Å². The molecule has 4 rings (SSSR count). The molecule has 4 atom stereocenters. The minimum absolute atomic E-state index is 0.00310. The molecule has 0 aromatic carbocycles. The Hall–Kier alpha value is -1.49. The molecule has 1 aromatic heterocycles. The zero-order valence-corrected chi connectivity index (χ0v) is 14.0. The quantitative estimate of drug-likeness (QED) is 0.930. The fourth-order valence-corrected chi connectivity index (χ4v) is 4.98. The van der Waals surface area contributed by atoms with E-state index in [2.05, 4.69) is 15.5 Å². The van der Waals surface area contributed by atoms with Crippen molar-refractivity contribution in [2.24, 2.45) is 11.8 Å². The van der Waals surface area contributed by atoms with Crippen LogP contribution in [-0.2, 0) is 11.2 Å². The van der Waals surface area contributed by atoms with Gasteiger partial charge in [0.25, 0.3) is 5.91 Å². The highest BCUT2D eigenvalue weighted by Crippen LogP contribution is 2.59. The Morgan fingerprint density at radius 1 is 1.43 bits per heavy atom. The van der Waals surface area contributed by atoms with Gasteiger partial charge in [0.2, 0.25) is 0 Å². The number of aryl methyl sites for hydroxylation is 2. The van der Waals surface area contributed by atoms with Crippen LogP contribution in [0.5, 0.6) is 0 Å². The molecule has 0 bridgehead atoms. The van der Waals surface area contributed by atoms with E-state index in [1.165, 1.54) is 19.3 Å².